The maximum Gasteiger partial charge on any atom is 0.227 e. The van der Waals surface area contributed by atoms with E-state index in [-0.39, 0.29) is 5.91 Å². The zero-order valence-corrected chi connectivity index (χ0v) is 13.6. The van der Waals surface area contributed by atoms with E-state index in [1.165, 1.54) is 11.2 Å². The van der Waals surface area contributed by atoms with Crippen molar-refractivity contribution >= 4 is 17.7 Å². The maximum absolute atomic E-state index is 12.4. The first-order chi connectivity index (χ1) is 10.6. The van der Waals surface area contributed by atoms with Gasteiger partial charge in [0.15, 0.2) is 0 Å². The first-order valence-corrected chi connectivity index (χ1v) is 8.31. The van der Waals surface area contributed by atoms with Gasteiger partial charge in [-0.2, -0.15) is 0 Å². The minimum absolute atomic E-state index is 0.141. The fourth-order valence-corrected chi connectivity index (χ4v) is 3.36. The molecule has 0 fully saturated rings. The number of fused-ring (bicyclic) bond motifs is 1. The van der Waals surface area contributed by atoms with E-state index >= 15 is 0 Å². The van der Waals surface area contributed by atoms with Crippen LogP contribution in [-0.4, -0.2) is 26.0 Å². The summed E-state index contributed by atoms with van der Waals surface area (Å²) >= 11 is 1.83. The van der Waals surface area contributed by atoms with E-state index in [4.69, 9.17) is 0 Å². The van der Waals surface area contributed by atoms with E-state index in [1.54, 1.807) is 6.20 Å². The number of rotatable bonds is 4. The average Bonchev–Trinajstić information content (AvgIpc) is 2.93. The van der Waals surface area contributed by atoms with Crippen molar-refractivity contribution in [2.45, 2.75) is 43.5 Å². The highest BCUT2D eigenvalue weighted by Gasteiger charge is 2.24. The molecule has 0 saturated heterocycles. The first-order valence-electron chi connectivity index (χ1n) is 7.43. The standard InChI is InChI=1S/C17H19N3OS/c1-12(2)22-15-5-3-13(4-6-15)7-17(21)20-9-14-8-18-11-19-16(14)10-20/h3-6,8,11-12H,7,9-10H2,1-2H3. The summed E-state index contributed by atoms with van der Waals surface area (Å²) in [7, 11) is 0. The predicted octanol–water partition coefficient (Wildman–Crippen LogP) is 3.06. The van der Waals surface area contributed by atoms with E-state index in [0.717, 1.165) is 16.8 Å². The van der Waals surface area contributed by atoms with Crippen LogP contribution >= 0.6 is 11.8 Å². The normalized spacial score (nSPS) is 13.5. The van der Waals surface area contributed by atoms with Crippen LogP contribution in [-0.2, 0) is 24.3 Å². The summed E-state index contributed by atoms with van der Waals surface area (Å²) in [6.45, 7) is 5.57. The molecule has 0 atom stereocenters. The fraction of sp³-hybridized carbons (Fsp3) is 0.353. The fourth-order valence-electron chi connectivity index (χ4n) is 2.52. The third kappa shape index (κ3) is 3.47. The van der Waals surface area contributed by atoms with Crippen LogP contribution < -0.4 is 0 Å². The smallest absolute Gasteiger partial charge is 0.227 e. The minimum Gasteiger partial charge on any atom is -0.332 e. The highest BCUT2D eigenvalue weighted by atomic mass is 32.2. The van der Waals surface area contributed by atoms with Gasteiger partial charge in [-0.25, -0.2) is 9.97 Å². The summed E-state index contributed by atoms with van der Waals surface area (Å²) in [4.78, 5) is 23.8. The Morgan fingerprint density at radius 3 is 2.73 bits per heavy atom. The third-order valence-corrected chi connectivity index (χ3v) is 4.60. The SMILES string of the molecule is CC(C)Sc1ccc(CC(=O)N2Cc3cncnc3C2)cc1. The van der Waals surface area contributed by atoms with E-state index in [2.05, 4.69) is 35.9 Å². The van der Waals surface area contributed by atoms with Crippen LogP contribution in [0.15, 0.2) is 41.7 Å². The number of hydrogen-bond donors (Lipinski definition) is 0. The summed E-state index contributed by atoms with van der Waals surface area (Å²) in [5.41, 5.74) is 3.08. The Hall–Kier alpha value is -1.88. The highest BCUT2D eigenvalue weighted by Crippen LogP contribution is 2.24. The summed E-state index contributed by atoms with van der Waals surface area (Å²) in [5, 5.41) is 0.566. The molecular formula is C17H19N3OS. The molecule has 1 aromatic heterocycles. The molecule has 1 aliphatic heterocycles. The number of carbonyl (C=O) groups is 1. The summed E-state index contributed by atoms with van der Waals surface area (Å²) in [6, 6.07) is 8.28. The quantitative estimate of drug-likeness (QED) is 0.814. The highest BCUT2D eigenvalue weighted by molar-refractivity contribution is 7.99. The Bertz CT molecular complexity index is 645. The van der Waals surface area contributed by atoms with Crippen molar-refractivity contribution in [3.05, 3.63) is 53.6 Å². The van der Waals surface area contributed by atoms with Gasteiger partial charge in [0.25, 0.3) is 0 Å². The Morgan fingerprint density at radius 1 is 1.27 bits per heavy atom. The molecule has 2 heterocycles. The molecule has 0 aliphatic carbocycles. The second-order valence-corrected chi connectivity index (χ2v) is 7.38. The van der Waals surface area contributed by atoms with Crippen LogP contribution in [0, 0.1) is 0 Å². The van der Waals surface area contributed by atoms with Gasteiger partial charge < -0.3 is 4.90 Å². The molecule has 1 aromatic carbocycles. The average molecular weight is 313 g/mol. The van der Waals surface area contributed by atoms with Crippen LogP contribution in [0.4, 0.5) is 0 Å². The molecule has 22 heavy (non-hydrogen) atoms. The molecule has 1 amide bonds. The number of aromatic nitrogens is 2. The molecule has 114 valence electrons. The van der Waals surface area contributed by atoms with Gasteiger partial charge in [-0.15, -0.1) is 11.8 Å². The molecule has 4 nitrogen and oxygen atoms in total. The first kappa shape index (κ1) is 15.0. The van der Waals surface area contributed by atoms with E-state index < -0.39 is 0 Å². The van der Waals surface area contributed by atoms with Gasteiger partial charge in [0.05, 0.1) is 18.7 Å². The van der Waals surface area contributed by atoms with Crippen molar-refractivity contribution in [3.63, 3.8) is 0 Å². The number of hydrogen-bond acceptors (Lipinski definition) is 4. The molecule has 2 aromatic rings. The Morgan fingerprint density at radius 2 is 2.05 bits per heavy atom. The molecule has 5 heteroatoms. The van der Waals surface area contributed by atoms with Gasteiger partial charge in [0.1, 0.15) is 6.33 Å². The van der Waals surface area contributed by atoms with E-state index in [1.807, 2.05) is 28.8 Å². The Kier molecular flexibility index (Phi) is 4.43. The number of thioether (sulfide) groups is 1. The summed E-state index contributed by atoms with van der Waals surface area (Å²) in [6.07, 6.45) is 3.78. The molecule has 1 aliphatic rings. The topological polar surface area (TPSA) is 46.1 Å². The van der Waals surface area contributed by atoms with E-state index in [9.17, 15) is 4.79 Å². The van der Waals surface area contributed by atoms with Crippen molar-refractivity contribution in [2.75, 3.05) is 0 Å². The van der Waals surface area contributed by atoms with Crippen molar-refractivity contribution in [3.8, 4) is 0 Å². The molecule has 0 bridgehead atoms. The van der Waals surface area contributed by atoms with Gasteiger partial charge in [-0.1, -0.05) is 26.0 Å². The molecular weight excluding hydrogens is 294 g/mol. The van der Waals surface area contributed by atoms with Crippen LogP contribution in [0.2, 0.25) is 0 Å². The van der Waals surface area contributed by atoms with Gasteiger partial charge in [-0.3, -0.25) is 4.79 Å². The predicted molar refractivity (Wildman–Crippen MR) is 87.4 cm³/mol. The Balaban J connectivity index is 1.61. The second-order valence-electron chi connectivity index (χ2n) is 5.73. The van der Waals surface area contributed by atoms with E-state index in [0.29, 0.717) is 24.8 Å². The lowest BCUT2D eigenvalue weighted by Gasteiger charge is -2.15. The van der Waals surface area contributed by atoms with Crippen LogP contribution in [0.25, 0.3) is 0 Å². The monoisotopic (exact) mass is 313 g/mol. The minimum atomic E-state index is 0.141. The molecule has 0 radical (unpaired) electrons. The van der Waals surface area contributed by atoms with Crippen molar-refractivity contribution < 1.29 is 4.79 Å². The zero-order chi connectivity index (χ0) is 15.5. The van der Waals surface area contributed by atoms with Gasteiger partial charge in [0, 0.05) is 28.5 Å². The van der Waals surface area contributed by atoms with Gasteiger partial charge >= 0.3 is 0 Å². The van der Waals surface area contributed by atoms with Crippen LogP contribution in [0.1, 0.15) is 30.7 Å². The number of benzene rings is 1. The largest absolute Gasteiger partial charge is 0.332 e. The number of carbonyl (C=O) groups excluding carboxylic acids is 1. The molecule has 0 unspecified atom stereocenters. The number of nitrogens with zero attached hydrogens (tertiary/aromatic N) is 3. The van der Waals surface area contributed by atoms with Crippen LogP contribution in [0.5, 0.6) is 0 Å². The maximum atomic E-state index is 12.4. The number of amides is 1. The zero-order valence-electron chi connectivity index (χ0n) is 12.8. The van der Waals surface area contributed by atoms with Crippen LogP contribution in [0.3, 0.4) is 0 Å². The Labute approximate surface area is 135 Å². The van der Waals surface area contributed by atoms with Gasteiger partial charge in [0.2, 0.25) is 5.91 Å². The lowest BCUT2D eigenvalue weighted by atomic mass is 10.1. The summed E-state index contributed by atoms with van der Waals surface area (Å²) in [5.74, 6) is 0.141. The molecule has 0 spiro atoms. The lowest BCUT2D eigenvalue weighted by Crippen LogP contribution is -2.26. The van der Waals surface area contributed by atoms with Crippen molar-refractivity contribution in [1.29, 1.82) is 0 Å². The molecule has 3 rings (SSSR count). The molecule has 0 N–H and O–H groups in total. The third-order valence-electron chi connectivity index (χ3n) is 3.59. The molecule has 0 saturated carbocycles. The van der Waals surface area contributed by atoms with Crippen molar-refractivity contribution in [2.24, 2.45) is 0 Å². The van der Waals surface area contributed by atoms with Crippen molar-refractivity contribution in [1.82, 2.24) is 14.9 Å². The second kappa shape index (κ2) is 6.48. The lowest BCUT2D eigenvalue weighted by molar-refractivity contribution is -0.131. The summed E-state index contributed by atoms with van der Waals surface area (Å²) < 4.78 is 0. The van der Waals surface area contributed by atoms with Gasteiger partial charge in [-0.05, 0) is 17.7 Å².